The number of carbonyl (C=O) groups excluding carboxylic acids is 1. The maximum absolute atomic E-state index is 12.6. The molecule has 0 saturated heterocycles. The van der Waals surface area contributed by atoms with E-state index >= 15 is 0 Å². The Morgan fingerprint density at radius 1 is 0.969 bits per heavy atom. The average molecular weight is 428 g/mol. The second-order valence-electron chi connectivity index (χ2n) is 7.07. The number of anilines is 2. The van der Waals surface area contributed by atoms with Crippen LogP contribution in [-0.2, 0) is 11.3 Å². The monoisotopic (exact) mass is 428 g/mol. The van der Waals surface area contributed by atoms with Gasteiger partial charge in [0.15, 0.2) is 0 Å². The Morgan fingerprint density at radius 2 is 1.72 bits per heavy atom. The predicted octanol–water partition coefficient (Wildman–Crippen LogP) is 5.74. The first-order chi connectivity index (χ1) is 15.7. The third-order valence-corrected chi connectivity index (χ3v) is 4.94. The number of nitrogens with one attached hydrogen (secondary N) is 1. The van der Waals surface area contributed by atoms with Crippen molar-refractivity contribution >= 4 is 28.2 Å². The molecule has 0 aliphatic carbocycles. The van der Waals surface area contributed by atoms with E-state index in [1.165, 1.54) is 6.20 Å². The molecule has 32 heavy (non-hydrogen) atoms. The highest BCUT2D eigenvalue weighted by Crippen LogP contribution is 2.32. The molecule has 0 spiro atoms. The number of carbonyl (C=O) groups is 1. The largest absolute Gasteiger partial charge is 0.497 e. The van der Waals surface area contributed by atoms with Gasteiger partial charge in [0.2, 0.25) is 0 Å². The van der Waals surface area contributed by atoms with E-state index in [9.17, 15) is 4.79 Å². The van der Waals surface area contributed by atoms with Crippen LogP contribution in [0.2, 0.25) is 0 Å². The summed E-state index contributed by atoms with van der Waals surface area (Å²) in [5.41, 5.74) is 3.62. The smallest absolute Gasteiger partial charge is 0.341 e. The van der Waals surface area contributed by atoms with E-state index in [1.54, 1.807) is 14.0 Å². The second kappa shape index (κ2) is 9.83. The molecule has 1 heterocycles. The van der Waals surface area contributed by atoms with E-state index in [1.807, 2.05) is 72.8 Å². The van der Waals surface area contributed by atoms with E-state index in [2.05, 4.69) is 10.3 Å². The van der Waals surface area contributed by atoms with Gasteiger partial charge in [0.25, 0.3) is 0 Å². The Bertz CT molecular complexity index is 1210. The van der Waals surface area contributed by atoms with Crippen molar-refractivity contribution in [3.8, 4) is 11.5 Å². The van der Waals surface area contributed by atoms with Gasteiger partial charge in [-0.25, -0.2) is 4.79 Å². The summed E-state index contributed by atoms with van der Waals surface area (Å²) >= 11 is 0. The molecule has 3 aromatic carbocycles. The SMILES string of the molecule is CCOC(=O)c1cnc2ccc(OC)cc2c1Nc1ccc(OCc2ccccc2)cc1. The normalized spacial score (nSPS) is 10.6. The summed E-state index contributed by atoms with van der Waals surface area (Å²) in [6, 6.07) is 23.1. The van der Waals surface area contributed by atoms with Crippen molar-refractivity contribution in [3.05, 3.63) is 90.1 Å². The third kappa shape index (κ3) is 4.81. The summed E-state index contributed by atoms with van der Waals surface area (Å²) in [6.45, 7) is 2.55. The number of benzene rings is 3. The molecule has 162 valence electrons. The molecule has 0 aliphatic rings. The highest BCUT2D eigenvalue weighted by Gasteiger charge is 2.17. The van der Waals surface area contributed by atoms with Crippen LogP contribution in [0.15, 0.2) is 79.0 Å². The first-order valence-electron chi connectivity index (χ1n) is 10.4. The van der Waals surface area contributed by atoms with Gasteiger partial charge in [-0.15, -0.1) is 0 Å². The van der Waals surface area contributed by atoms with Crippen molar-refractivity contribution in [3.63, 3.8) is 0 Å². The van der Waals surface area contributed by atoms with Crippen molar-refractivity contribution in [2.75, 3.05) is 19.0 Å². The number of methoxy groups -OCH3 is 1. The van der Waals surface area contributed by atoms with Crippen molar-refractivity contribution in [2.45, 2.75) is 13.5 Å². The van der Waals surface area contributed by atoms with Gasteiger partial charge in [0.1, 0.15) is 23.7 Å². The number of hydrogen-bond donors (Lipinski definition) is 1. The quantitative estimate of drug-likeness (QED) is 0.361. The molecule has 0 saturated carbocycles. The lowest BCUT2D eigenvalue weighted by Crippen LogP contribution is -2.09. The molecular weight excluding hydrogens is 404 g/mol. The molecule has 6 heteroatoms. The van der Waals surface area contributed by atoms with Crippen LogP contribution in [0, 0.1) is 0 Å². The van der Waals surface area contributed by atoms with Crippen LogP contribution in [0.1, 0.15) is 22.8 Å². The zero-order valence-corrected chi connectivity index (χ0v) is 18.0. The van der Waals surface area contributed by atoms with Crippen LogP contribution in [0.3, 0.4) is 0 Å². The van der Waals surface area contributed by atoms with Gasteiger partial charge in [-0.2, -0.15) is 0 Å². The molecule has 4 rings (SSSR count). The molecule has 0 radical (unpaired) electrons. The first-order valence-corrected chi connectivity index (χ1v) is 10.4. The van der Waals surface area contributed by atoms with Crippen LogP contribution in [-0.4, -0.2) is 24.7 Å². The number of nitrogens with zero attached hydrogens (tertiary/aromatic N) is 1. The summed E-state index contributed by atoms with van der Waals surface area (Å²) in [7, 11) is 1.60. The number of ether oxygens (including phenoxy) is 3. The Labute approximate surface area is 186 Å². The number of rotatable bonds is 8. The molecule has 0 amide bonds. The van der Waals surface area contributed by atoms with Gasteiger partial charge in [-0.05, 0) is 55.0 Å². The van der Waals surface area contributed by atoms with Crippen LogP contribution in [0.25, 0.3) is 10.9 Å². The highest BCUT2D eigenvalue weighted by molar-refractivity contribution is 6.06. The topological polar surface area (TPSA) is 69.7 Å². The number of esters is 1. The molecule has 4 aromatic rings. The van der Waals surface area contributed by atoms with Crippen molar-refractivity contribution < 1.29 is 19.0 Å². The number of aromatic nitrogens is 1. The maximum Gasteiger partial charge on any atom is 0.341 e. The minimum Gasteiger partial charge on any atom is -0.497 e. The molecule has 1 aromatic heterocycles. The van der Waals surface area contributed by atoms with Crippen molar-refractivity contribution in [1.29, 1.82) is 0 Å². The molecule has 1 N–H and O–H groups in total. The van der Waals surface area contributed by atoms with Gasteiger partial charge in [-0.3, -0.25) is 4.98 Å². The van der Waals surface area contributed by atoms with E-state index in [0.29, 0.717) is 23.6 Å². The number of fused-ring (bicyclic) bond motifs is 1. The third-order valence-electron chi connectivity index (χ3n) is 4.94. The zero-order chi connectivity index (χ0) is 22.3. The van der Waals surface area contributed by atoms with Crippen LogP contribution in [0.4, 0.5) is 11.4 Å². The average Bonchev–Trinajstić information content (AvgIpc) is 2.84. The van der Waals surface area contributed by atoms with Crippen molar-refractivity contribution in [2.24, 2.45) is 0 Å². The number of hydrogen-bond acceptors (Lipinski definition) is 6. The Balaban J connectivity index is 1.61. The Kier molecular flexibility index (Phi) is 6.51. The fourth-order valence-corrected chi connectivity index (χ4v) is 3.32. The fraction of sp³-hybridized carbons (Fsp3) is 0.154. The zero-order valence-electron chi connectivity index (χ0n) is 18.0. The minimum absolute atomic E-state index is 0.280. The number of pyridine rings is 1. The van der Waals surface area contributed by atoms with E-state index in [4.69, 9.17) is 14.2 Å². The standard InChI is InChI=1S/C26H24N2O4/c1-3-31-26(29)23-16-27-24-14-13-21(30-2)15-22(24)25(23)28-19-9-11-20(12-10-19)32-17-18-7-5-4-6-8-18/h4-16H,3,17H2,1-2H3,(H,27,28). The van der Waals surface area contributed by atoms with Gasteiger partial charge in [0.05, 0.1) is 24.9 Å². The van der Waals surface area contributed by atoms with Gasteiger partial charge < -0.3 is 19.5 Å². The highest BCUT2D eigenvalue weighted by atomic mass is 16.5. The lowest BCUT2D eigenvalue weighted by molar-refractivity contribution is 0.0527. The molecule has 6 nitrogen and oxygen atoms in total. The van der Waals surface area contributed by atoms with Gasteiger partial charge in [-0.1, -0.05) is 30.3 Å². The summed E-state index contributed by atoms with van der Waals surface area (Å²) in [5.74, 6) is 0.995. The molecule has 0 unspecified atom stereocenters. The summed E-state index contributed by atoms with van der Waals surface area (Å²) in [5, 5.41) is 4.12. The lowest BCUT2D eigenvalue weighted by atomic mass is 10.1. The summed E-state index contributed by atoms with van der Waals surface area (Å²) in [6.07, 6.45) is 1.53. The van der Waals surface area contributed by atoms with Gasteiger partial charge in [0, 0.05) is 17.3 Å². The molecular formula is C26H24N2O4. The Morgan fingerprint density at radius 3 is 2.44 bits per heavy atom. The van der Waals surface area contributed by atoms with E-state index in [-0.39, 0.29) is 6.61 Å². The van der Waals surface area contributed by atoms with Crippen LogP contribution >= 0.6 is 0 Å². The molecule has 0 atom stereocenters. The first kappa shape index (κ1) is 21.2. The van der Waals surface area contributed by atoms with E-state index in [0.717, 1.165) is 27.9 Å². The fourth-order valence-electron chi connectivity index (χ4n) is 3.32. The van der Waals surface area contributed by atoms with Gasteiger partial charge >= 0.3 is 5.97 Å². The predicted molar refractivity (Wildman–Crippen MR) is 125 cm³/mol. The second-order valence-corrected chi connectivity index (χ2v) is 7.07. The van der Waals surface area contributed by atoms with Crippen LogP contribution in [0.5, 0.6) is 11.5 Å². The summed E-state index contributed by atoms with van der Waals surface area (Å²) < 4.78 is 16.5. The summed E-state index contributed by atoms with van der Waals surface area (Å²) in [4.78, 5) is 17.0. The molecule has 0 aliphatic heterocycles. The maximum atomic E-state index is 12.6. The lowest BCUT2D eigenvalue weighted by Gasteiger charge is -2.15. The molecule has 0 fully saturated rings. The van der Waals surface area contributed by atoms with Crippen molar-refractivity contribution in [1.82, 2.24) is 4.98 Å². The minimum atomic E-state index is -0.435. The molecule has 0 bridgehead atoms. The van der Waals surface area contributed by atoms with E-state index < -0.39 is 5.97 Å². The Hall–Kier alpha value is -4.06. The van der Waals surface area contributed by atoms with Crippen LogP contribution < -0.4 is 14.8 Å².